The fourth-order valence-electron chi connectivity index (χ4n) is 3.28. The number of rotatable bonds is 13. The lowest BCUT2D eigenvalue weighted by molar-refractivity contribution is -0.138. The highest BCUT2D eigenvalue weighted by atomic mass is 16.4. The van der Waals surface area contributed by atoms with Crippen LogP contribution in [0, 0.1) is 0 Å². The molecule has 1 rings (SSSR count). The molecule has 27 heavy (non-hydrogen) atoms. The first-order chi connectivity index (χ1) is 12.9. The first-order valence-electron chi connectivity index (χ1n) is 10.3. The zero-order chi connectivity index (χ0) is 20.1. The van der Waals surface area contributed by atoms with Crippen LogP contribution in [-0.2, 0) is 11.2 Å². The van der Waals surface area contributed by atoms with E-state index in [4.69, 9.17) is 5.11 Å². The summed E-state index contributed by atoms with van der Waals surface area (Å²) in [5.74, 6) is -0.905. The molecule has 5 nitrogen and oxygen atoms in total. The van der Waals surface area contributed by atoms with E-state index in [1.54, 1.807) is 0 Å². The first kappa shape index (κ1) is 23.0. The minimum atomic E-state index is -0.905. The Morgan fingerprint density at radius 2 is 1.52 bits per heavy atom. The number of carboxylic acid groups (broad SMARTS) is 1. The highest BCUT2D eigenvalue weighted by Gasteiger charge is 2.30. The van der Waals surface area contributed by atoms with Gasteiger partial charge in [0.15, 0.2) is 0 Å². The Morgan fingerprint density at radius 3 is 2.07 bits per heavy atom. The number of benzene rings is 1. The lowest BCUT2D eigenvalue weighted by atomic mass is 9.89. The number of anilines is 1. The molecule has 0 radical (unpaired) electrons. The third kappa shape index (κ3) is 8.94. The first-order valence-corrected chi connectivity index (χ1v) is 10.3. The quantitative estimate of drug-likeness (QED) is 0.384. The van der Waals surface area contributed by atoms with Crippen LogP contribution in [0.5, 0.6) is 0 Å². The predicted octanol–water partition coefficient (Wildman–Crippen LogP) is 5.74. The largest absolute Gasteiger partial charge is 0.481 e. The second-order valence-electron chi connectivity index (χ2n) is 7.35. The predicted molar refractivity (Wildman–Crippen MR) is 111 cm³/mol. The molecule has 3 N–H and O–H groups in total. The van der Waals surface area contributed by atoms with Gasteiger partial charge < -0.3 is 15.7 Å². The molecule has 0 fully saturated rings. The van der Waals surface area contributed by atoms with Gasteiger partial charge in [0.2, 0.25) is 0 Å². The number of aliphatic carboxylic acids is 1. The summed E-state index contributed by atoms with van der Waals surface area (Å²) in [6.07, 6.45) is 9.82. The van der Waals surface area contributed by atoms with E-state index in [1.165, 1.54) is 44.1 Å². The summed E-state index contributed by atoms with van der Waals surface area (Å²) in [5, 5.41) is 14.8. The monoisotopic (exact) mass is 376 g/mol. The number of carbonyl (C=O) groups is 2. The van der Waals surface area contributed by atoms with Crippen LogP contribution >= 0.6 is 0 Å². The average Bonchev–Trinajstić information content (AvgIpc) is 2.64. The Hall–Kier alpha value is -2.04. The Bertz CT molecular complexity index is 565. The van der Waals surface area contributed by atoms with Crippen molar-refractivity contribution in [2.75, 3.05) is 5.32 Å². The highest BCUT2D eigenvalue weighted by molar-refractivity contribution is 5.90. The highest BCUT2D eigenvalue weighted by Crippen LogP contribution is 2.20. The fourth-order valence-corrected chi connectivity index (χ4v) is 3.28. The van der Waals surface area contributed by atoms with Gasteiger partial charge in [-0.25, -0.2) is 4.79 Å². The van der Waals surface area contributed by atoms with Crippen molar-refractivity contribution in [1.82, 2.24) is 5.32 Å². The van der Waals surface area contributed by atoms with E-state index in [0.29, 0.717) is 12.8 Å². The van der Waals surface area contributed by atoms with E-state index in [2.05, 4.69) is 17.6 Å². The van der Waals surface area contributed by atoms with Crippen molar-refractivity contribution >= 4 is 17.7 Å². The number of unbranched alkanes of at least 4 members (excludes halogenated alkanes) is 5. The number of urea groups is 1. The fraction of sp³-hybridized carbons (Fsp3) is 0.636. The van der Waals surface area contributed by atoms with Crippen LogP contribution in [0.1, 0.15) is 84.1 Å². The molecule has 1 aromatic rings. The van der Waals surface area contributed by atoms with Crippen molar-refractivity contribution in [3.8, 4) is 0 Å². The lowest BCUT2D eigenvalue weighted by Crippen LogP contribution is -2.50. The van der Waals surface area contributed by atoms with E-state index in [9.17, 15) is 9.59 Å². The lowest BCUT2D eigenvalue weighted by Gasteiger charge is -2.31. The van der Waals surface area contributed by atoms with Gasteiger partial charge in [-0.2, -0.15) is 0 Å². The van der Waals surface area contributed by atoms with E-state index in [0.717, 1.165) is 12.1 Å². The van der Waals surface area contributed by atoms with Gasteiger partial charge >= 0.3 is 12.0 Å². The molecule has 0 saturated carbocycles. The van der Waals surface area contributed by atoms with Crippen LogP contribution in [0.15, 0.2) is 24.3 Å². The topological polar surface area (TPSA) is 78.4 Å². The number of aryl methyl sites for hydroxylation is 1. The standard InChI is InChI=1S/C22H36N2O3/c1-4-7-8-9-10-11-12-18-13-15-19(16-14-18)23-21(27)24-22(5-2,6-3)17-20(25)26/h13-16H,4-12,17H2,1-3H3,(H,25,26)(H2,23,24,27). The number of carbonyl (C=O) groups excluding carboxylic acids is 1. The van der Waals surface area contributed by atoms with Crippen molar-refractivity contribution in [3.63, 3.8) is 0 Å². The van der Waals surface area contributed by atoms with Crippen LogP contribution in [0.4, 0.5) is 10.5 Å². The van der Waals surface area contributed by atoms with Gasteiger partial charge in [-0.15, -0.1) is 0 Å². The molecule has 0 spiro atoms. The van der Waals surface area contributed by atoms with Crippen LogP contribution in [0.2, 0.25) is 0 Å². The maximum Gasteiger partial charge on any atom is 0.319 e. The van der Waals surface area contributed by atoms with E-state index >= 15 is 0 Å². The van der Waals surface area contributed by atoms with Crippen molar-refractivity contribution in [1.29, 1.82) is 0 Å². The molecule has 0 aliphatic carbocycles. The second-order valence-corrected chi connectivity index (χ2v) is 7.35. The number of hydrogen-bond donors (Lipinski definition) is 3. The Morgan fingerprint density at radius 1 is 0.926 bits per heavy atom. The maximum absolute atomic E-state index is 12.3. The molecule has 2 amide bonds. The average molecular weight is 377 g/mol. The molecule has 0 aromatic heterocycles. The maximum atomic E-state index is 12.3. The summed E-state index contributed by atoms with van der Waals surface area (Å²) >= 11 is 0. The van der Waals surface area contributed by atoms with E-state index in [1.807, 2.05) is 38.1 Å². The summed E-state index contributed by atoms with van der Waals surface area (Å²) in [5.41, 5.74) is 1.28. The molecule has 0 saturated heterocycles. The Labute approximate surface area is 163 Å². The Kier molecular flexibility index (Phi) is 10.5. The summed E-state index contributed by atoms with van der Waals surface area (Å²) < 4.78 is 0. The summed E-state index contributed by atoms with van der Waals surface area (Å²) in [6, 6.07) is 7.55. The van der Waals surface area contributed by atoms with Gasteiger partial charge in [-0.3, -0.25) is 4.79 Å². The molecule has 0 aliphatic rings. The van der Waals surface area contributed by atoms with Crippen molar-refractivity contribution in [2.24, 2.45) is 0 Å². The van der Waals surface area contributed by atoms with Gasteiger partial charge in [0.05, 0.1) is 12.0 Å². The summed E-state index contributed by atoms with van der Waals surface area (Å²) in [6.45, 7) is 6.01. The molecule has 0 aliphatic heterocycles. The van der Waals surface area contributed by atoms with E-state index < -0.39 is 11.5 Å². The van der Waals surface area contributed by atoms with Crippen LogP contribution in [0.3, 0.4) is 0 Å². The molecule has 5 heteroatoms. The van der Waals surface area contributed by atoms with Gasteiger partial charge in [0.25, 0.3) is 0 Å². The molecule has 0 bridgehead atoms. The summed E-state index contributed by atoms with van der Waals surface area (Å²) in [7, 11) is 0. The molecular weight excluding hydrogens is 340 g/mol. The van der Waals surface area contributed by atoms with Crippen molar-refractivity contribution < 1.29 is 14.7 Å². The number of nitrogens with one attached hydrogen (secondary N) is 2. The Balaban J connectivity index is 2.47. The zero-order valence-electron chi connectivity index (χ0n) is 17.1. The molecular formula is C22H36N2O3. The molecule has 0 unspecified atom stereocenters. The molecule has 0 heterocycles. The third-order valence-electron chi connectivity index (χ3n) is 5.25. The second kappa shape index (κ2) is 12.4. The van der Waals surface area contributed by atoms with E-state index in [-0.39, 0.29) is 12.5 Å². The molecule has 152 valence electrons. The zero-order valence-corrected chi connectivity index (χ0v) is 17.1. The number of amides is 2. The normalized spacial score (nSPS) is 11.2. The summed E-state index contributed by atoms with van der Waals surface area (Å²) in [4.78, 5) is 23.4. The van der Waals surface area contributed by atoms with Crippen molar-refractivity contribution in [2.45, 2.75) is 90.5 Å². The molecule has 1 aromatic carbocycles. The van der Waals surface area contributed by atoms with Crippen LogP contribution in [0.25, 0.3) is 0 Å². The van der Waals surface area contributed by atoms with Crippen molar-refractivity contribution in [3.05, 3.63) is 29.8 Å². The van der Waals surface area contributed by atoms with Gasteiger partial charge in [0, 0.05) is 5.69 Å². The van der Waals surface area contributed by atoms with Crippen LogP contribution < -0.4 is 10.6 Å². The smallest absolute Gasteiger partial charge is 0.319 e. The molecule has 0 atom stereocenters. The van der Waals surface area contributed by atoms with Crippen LogP contribution in [-0.4, -0.2) is 22.6 Å². The minimum Gasteiger partial charge on any atom is -0.481 e. The van der Waals surface area contributed by atoms with Gasteiger partial charge in [0.1, 0.15) is 0 Å². The minimum absolute atomic E-state index is 0.0788. The number of carboxylic acids is 1. The number of hydrogen-bond acceptors (Lipinski definition) is 2. The SMILES string of the molecule is CCCCCCCCc1ccc(NC(=O)NC(CC)(CC)CC(=O)O)cc1. The third-order valence-corrected chi connectivity index (χ3v) is 5.25. The van der Waals surface area contributed by atoms with Gasteiger partial charge in [-0.05, 0) is 43.4 Å². The van der Waals surface area contributed by atoms with Gasteiger partial charge in [-0.1, -0.05) is 65.0 Å².